The number of anilines is 2. The van der Waals surface area contributed by atoms with Crippen LogP contribution in [0.15, 0.2) is 54.6 Å². The molecule has 0 aliphatic rings. The van der Waals surface area contributed by atoms with Crippen molar-refractivity contribution in [3.05, 3.63) is 65.7 Å². The predicted octanol–water partition coefficient (Wildman–Crippen LogP) is 4.60. The zero-order chi connectivity index (χ0) is 13.2. The van der Waals surface area contributed by atoms with Crippen LogP contribution in [0.25, 0.3) is 10.9 Å². The molecule has 0 bridgehead atoms. The SMILES string of the molecule is Cc1cccc(Nc2cc(C)c3ccccc3n2)c1. The minimum Gasteiger partial charge on any atom is -0.340 e. The molecule has 0 atom stereocenters. The summed E-state index contributed by atoms with van der Waals surface area (Å²) in [5.41, 5.74) is 4.57. The van der Waals surface area contributed by atoms with E-state index < -0.39 is 0 Å². The highest BCUT2D eigenvalue weighted by Crippen LogP contribution is 2.22. The van der Waals surface area contributed by atoms with Crippen LogP contribution < -0.4 is 5.32 Å². The van der Waals surface area contributed by atoms with Gasteiger partial charge < -0.3 is 5.32 Å². The standard InChI is InChI=1S/C17H16N2/c1-12-6-5-7-14(10-12)18-17-11-13(2)15-8-3-4-9-16(15)19-17/h3-11H,1-2H3,(H,18,19). The maximum atomic E-state index is 4.65. The van der Waals surface area contributed by atoms with E-state index in [1.54, 1.807) is 0 Å². The molecule has 1 aromatic heterocycles. The van der Waals surface area contributed by atoms with Crippen LogP contribution in [0.5, 0.6) is 0 Å². The van der Waals surface area contributed by atoms with Crippen molar-refractivity contribution >= 4 is 22.4 Å². The van der Waals surface area contributed by atoms with Gasteiger partial charge in [0.25, 0.3) is 0 Å². The highest BCUT2D eigenvalue weighted by molar-refractivity contribution is 5.84. The molecule has 94 valence electrons. The monoisotopic (exact) mass is 248 g/mol. The summed E-state index contributed by atoms with van der Waals surface area (Å²) in [5, 5.41) is 4.57. The molecule has 3 aromatic rings. The van der Waals surface area contributed by atoms with Gasteiger partial charge in [0.2, 0.25) is 0 Å². The number of hydrogen-bond donors (Lipinski definition) is 1. The largest absolute Gasteiger partial charge is 0.340 e. The average molecular weight is 248 g/mol. The quantitative estimate of drug-likeness (QED) is 0.717. The number of hydrogen-bond acceptors (Lipinski definition) is 2. The second-order valence-corrected chi connectivity index (χ2v) is 4.84. The third-order valence-corrected chi connectivity index (χ3v) is 3.21. The smallest absolute Gasteiger partial charge is 0.131 e. The topological polar surface area (TPSA) is 24.9 Å². The van der Waals surface area contributed by atoms with Crippen molar-refractivity contribution in [3.8, 4) is 0 Å². The average Bonchev–Trinajstić information content (AvgIpc) is 2.39. The molecule has 0 saturated carbocycles. The summed E-state index contributed by atoms with van der Waals surface area (Å²) in [6.07, 6.45) is 0. The molecule has 2 aromatic carbocycles. The minimum atomic E-state index is 0.891. The number of nitrogens with one attached hydrogen (secondary N) is 1. The Hall–Kier alpha value is -2.35. The summed E-state index contributed by atoms with van der Waals surface area (Å²) in [7, 11) is 0. The van der Waals surface area contributed by atoms with Gasteiger partial charge in [-0.3, -0.25) is 0 Å². The second kappa shape index (κ2) is 4.73. The molecule has 0 fully saturated rings. The fourth-order valence-corrected chi connectivity index (χ4v) is 2.28. The van der Waals surface area contributed by atoms with Crippen molar-refractivity contribution in [2.45, 2.75) is 13.8 Å². The van der Waals surface area contributed by atoms with Gasteiger partial charge in [0.05, 0.1) is 5.52 Å². The highest BCUT2D eigenvalue weighted by Gasteiger charge is 2.02. The fraction of sp³-hybridized carbons (Fsp3) is 0.118. The Morgan fingerprint density at radius 3 is 2.58 bits per heavy atom. The molecular weight excluding hydrogens is 232 g/mol. The van der Waals surface area contributed by atoms with Crippen LogP contribution in [0, 0.1) is 13.8 Å². The Labute approximate surface area is 113 Å². The first-order valence-corrected chi connectivity index (χ1v) is 6.42. The molecule has 0 radical (unpaired) electrons. The molecule has 1 heterocycles. The van der Waals surface area contributed by atoms with Crippen LogP contribution >= 0.6 is 0 Å². The minimum absolute atomic E-state index is 0.891. The normalized spacial score (nSPS) is 10.6. The second-order valence-electron chi connectivity index (χ2n) is 4.84. The highest BCUT2D eigenvalue weighted by atomic mass is 15.0. The molecule has 2 nitrogen and oxygen atoms in total. The Morgan fingerprint density at radius 1 is 0.895 bits per heavy atom. The molecule has 0 unspecified atom stereocenters. The van der Waals surface area contributed by atoms with E-state index in [2.05, 4.69) is 54.5 Å². The summed E-state index contributed by atoms with van der Waals surface area (Å²) in [4.78, 5) is 4.65. The molecular formula is C17H16N2. The summed E-state index contributed by atoms with van der Waals surface area (Å²) < 4.78 is 0. The lowest BCUT2D eigenvalue weighted by molar-refractivity contribution is 1.33. The molecule has 0 aliphatic heterocycles. The number of aromatic nitrogens is 1. The number of benzene rings is 2. The summed E-state index contributed by atoms with van der Waals surface area (Å²) in [6, 6.07) is 18.6. The maximum absolute atomic E-state index is 4.65. The van der Waals surface area contributed by atoms with Gasteiger partial charge in [-0.05, 0) is 49.2 Å². The number of nitrogens with zero attached hydrogens (tertiary/aromatic N) is 1. The van der Waals surface area contributed by atoms with E-state index in [1.165, 1.54) is 16.5 Å². The third kappa shape index (κ3) is 2.43. The Bertz CT molecular complexity index is 732. The zero-order valence-corrected chi connectivity index (χ0v) is 11.1. The fourth-order valence-electron chi connectivity index (χ4n) is 2.28. The van der Waals surface area contributed by atoms with E-state index in [0.29, 0.717) is 0 Å². The first-order chi connectivity index (χ1) is 9.22. The van der Waals surface area contributed by atoms with Gasteiger partial charge >= 0.3 is 0 Å². The van der Waals surface area contributed by atoms with Crippen LogP contribution in [0.3, 0.4) is 0 Å². The van der Waals surface area contributed by atoms with Crippen molar-refractivity contribution in [2.24, 2.45) is 0 Å². The molecule has 0 aliphatic carbocycles. The van der Waals surface area contributed by atoms with Gasteiger partial charge in [0.1, 0.15) is 5.82 Å². The Morgan fingerprint density at radius 2 is 1.74 bits per heavy atom. The summed E-state index contributed by atoms with van der Waals surface area (Å²) in [5.74, 6) is 0.891. The molecule has 19 heavy (non-hydrogen) atoms. The first-order valence-electron chi connectivity index (χ1n) is 6.42. The predicted molar refractivity (Wildman–Crippen MR) is 80.9 cm³/mol. The van der Waals surface area contributed by atoms with Gasteiger partial charge in [0.15, 0.2) is 0 Å². The summed E-state index contributed by atoms with van der Waals surface area (Å²) >= 11 is 0. The van der Waals surface area contributed by atoms with E-state index in [9.17, 15) is 0 Å². The van der Waals surface area contributed by atoms with Crippen LogP contribution in [0.1, 0.15) is 11.1 Å². The number of para-hydroxylation sites is 1. The van der Waals surface area contributed by atoms with E-state index >= 15 is 0 Å². The number of fused-ring (bicyclic) bond motifs is 1. The van der Waals surface area contributed by atoms with Gasteiger partial charge in [-0.25, -0.2) is 4.98 Å². The lowest BCUT2D eigenvalue weighted by Gasteiger charge is -2.09. The molecule has 1 N–H and O–H groups in total. The van der Waals surface area contributed by atoms with Crippen molar-refractivity contribution in [1.29, 1.82) is 0 Å². The van der Waals surface area contributed by atoms with Crippen molar-refractivity contribution in [2.75, 3.05) is 5.32 Å². The van der Waals surface area contributed by atoms with E-state index in [0.717, 1.165) is 17.0 Å². The van der Waals surface area contributed by atoms with Gasteiger partial charge in [-0.15, -0.1) is 0 Å². The van der Waals surface area contributed by atoms with Crippen molar-refractivity contribution < 1.29 is 0 Å². The van der Waals surface area contributed by atoms with Gasteiger partial charge in [-0.2, -0.15) is 0 Å². The Kier molecular flexibility index (Phi) is 2.92. The number of pyridine rings is 1. The summed E-state index contributed by atoms with van der Waals surface area (Å²) in [6.45, 7) is 4.20. The lowest BCUT2D eigenvalue weighted by atomic mass is 10.1. The van der Waals surface area contributed by atoms with Gasteiger partial charge in [-0.1, -0.05) is 30.3 Å². The third-order valence-electron chi connectivity index (χ3n) is 3.21. The van der Waals surface area contributed by atoms with Crippen molar-refractivity contribution in [1.82, 2.24) is 4.98 Å². The van der Waals surface area contributed by atoms with Crippen LogP contribution in [-0.4, -0.2) is 4.98 Å². The van der Waals surface area contributed by atoms with Crippen LogP contribution in [-0.2, 0) is 0 Å². The molecule has 3 rings (SSSR count). The first kappa shape index (κ1) is 11.7. The molecule has 2 heteroatoms. The Balaban J connectivity index is 2.02. The van der Waals surface area contributed by atoms with E-state index in [-0.39, 0.29) is 0 Å². The molecule has 0 spiro atoms. The van der Waals surface area contributed by atoms with Crippen molar-refractivity contribution in [3.63, 3.8) is 0 Å². The number of aryl methyl sites for hydroxylation is 2. The van der Waals surface area contributed by atoms with Gasteiger partial charge in [0, 0.05) is 11.1 Å². The van der Waals surface area contributed by atoms with E-state index in [1.807, 2.05) is 24.3 Å². The zero-order valence-electron chi connectivity index (χ0n) is 11.1. The molecule has 0 amide bonds. The molecule has 0 saturated heterocycles. The van der Waals surface area contributed by atoms with E-state index in [4.69, 9.17) is 0 Å². The van der Waals surface area contributed by atoms with Crippen LogP contribution in [0.2, 0.25) is 0 Å². The maximum Gasteiger partial charge on any atom is 0.131 e. The lowest BCUT2D eigenvalue weighted by Crippen LogP contribution is -1.95. The number of rotatable bonds is 2. The van der Waals surface area contributed by atoms with Crippen LogP contribution in [0.4, 0.5) is 11.5 Å².